The summed E-state index contributed by atoms with van der Waals surface area (Å²) in [6.07, 6.45) is 0. The lowest BCUT2D eigenvalue weighted by Gasteiger charge is -2.12. The fraction of sp³-hybridized carbons (Fsp3) is 0.118. The molecule has 0 heterocycles. The number of carboxylic acids is 1. The molecule has 21 heavy (non-hydrogen) atoms. The Morgan fingerprint density at radius 2 is 1.62 bits per heavy atom. The Bertz CT molecular complexity index is 852. The first-order chi connectivity index (χ1) is 10.2. The van der Waals surface area contributed by atoms with Crippen molar-refractivity contribution >= 4 is 27.5 Å². The fourth-order valence-electron chi connectivity index (χ4n) is 2.60. The summed E-state index contributed by atoms with van der Waals surface area (Å²) < 4.78 is 10.7. The lowest BCUT2D eigenvalue weighted by molar-refractivity contribution is 0.0697. The number of carboxylic acid groups (broad SMARTS) is 1. The quantitative estimate of drug-likeness (QED) is 0.744. The molecular formula is C17H14O4. The van der Waals surface area contributed by atoms with E-state index >= 15 is 0 Å². The number of methoxy groups -OCH3 is 2. The van der Waals surface area contributed by atoms with Gasteiger partial charge in [-0.15, -0.1) is 0 Å². The molecule has 4 heteroatoms. The predicted molar refractivity (Wildman–Crippen MR) is 81.5 cm³/mol. The summed E-state index contributed by atoms with van der Waals surface area (Å²) in [4.78, 5) is 11.1. The van der Waals surface area contributed by atoms with Crippen molar-refractivity contribution in [3.63, 3.8) is 0 Å². The smallest absolute Gasteiger partial charge is 0.335 e. The molecule has 0 unspecified atom stereocenters. The molecule has 1 N–H and O–H groups in total. The molecule has 106 valence electrons. The van der Waals surface area contributed by atoms with E-state index in [0.717, 1.165) is 21.5 Å². The highest BCUT2D eigenvalue weighted by Crippen LogP contribution is 2.38. The van der Waals surface area contributed by atoms with Gasteiger partial charge in [-0.1, -0.05) is 12.1 Å². The van der Waals surface area contributed by atoms with Crippen LogP contribution < -0.4 is 9.47 Å². The van der Waals surface area contributed by atoms with Gasteiger partial charge >= 0.3 is 5.97 Å². The van der Waals surface area contributed by atoms with Gasteiger partial charge in [0.25, 0.3) is 0 Å². The van der Waals surface area contributed by atoms with Crippen LogP contribution in [0.3, 0.4) is 0 Å². The van der Waals surface area contributed by atoms with E-state index in [0.29, 0.717) is 11.5 Å². The lowest BCUT2D eigenvalue weighted by Crippen LogP contribution is -1.96. The first-order valence-electron chi connectivity index (χ1n) is 6.46. The number of ether oxygens (including phenoxy) is 2. The second-order valence-corrected chi connectivity index (χ2v) is 4.70. The van der Waals surface area contributed by atoms with E-state index in [1.807, 2.05) is 30.3 Å². The SMILES string of the molecule is COc1ccc2c(ccc3cc(C(=O)O)ccc32)c1OC. The standard InChI is InChI=1S/C17H14O4/c1-20-15-8-7-13-12-5-4-11(17(18)19)9-10(12)3-6-14(13)16(15)21-2/h3-9H,1-2H3,(H,18,19). The number of rotatable bonds is 3. The zero-order valence-electron chi connectivity index (χ0n) is 11.7. The van der Waals surface area contributed by atoms with Gasteiger partial charge < -0.3 is 14.6 Å². The summed E-state index contributed by atoms with van der Waals surface area (Å²) in [5.74, 6) is 0.426. The highest BCUT2D eigenvalue weighted by Gasteiger charge is 2.12. The molecular weight excluding hydrogens is 268 g/mol. The van der Waals surface area contributed by atoms with Crippen LogP contribution in [0.25, 0.3) is 21.5 Å². The molecule has 0 aromatic heterocycles. The average Bonchev–Trinajstić information content (AvgIpc) is 2.52. The van der Waals surface area contributed by atoms with Crippen molar-refractivity contribution in [3.8, 4) is 11.5 Å². The van der Waals surface area contributed by atoms with E-state index in [9.17, 15) is 4.79 Å². The van der Waals surface area contributed by atoms with Crippen molar-refractivity contribution < 1.29 is 19.4 Å². The Hall–Kier alpha value is -2.75. The van der Waals surface area contributed by atoms with Crippen molar-refractivity contribution in [1.82, 2.24) is 0 Å². The molecule has 3 aromatic rings. The number of aromatic carboxylic acids is 1. The van der Waals surface area contributed by atoms with Crippen molar-refractivity contribution in [1.29, 1.82) is 0 Å². The highest BCUT2D eigenvalue weighted by molar-refractivity contribution is 6.11. The Morgan fingerprint density at radius 1 is 0.905 bits per heavy atom. The van der Waals surface area contributed by atoms with Crippen LogP contribution in [0.15, 0.2) is 42.5 Å². The molecule has 3 rings (SSSR count). The van der Waals surface area contributed by atoms with Gasteiger partial charge in [-0.3, -0.25) is 0 Å². The van der Waals surface area contributed by atoms with E-state index < -0.39 is 5.97 Å². The Kier molecular flexibility index (Phi) is 3.14. The summed E-state index contributed by atoms with van der Waals surface area (Å²) in [7, 11) is 3.21. The minimum Gasteiger partial charge on any atom is -0.493 e. The zero-order chi connectivity index (χ0) is 15.0. The number of hydrogen-bond donors (Lipinski definition) is 1. The number of benzene rings is 3. The second kappa shape index (κ2) is 4.98. The molecule has 0 atom stereocenters. The Balaban J connectivity index is 2.36. The highest BCUT2D eigenvalue weighted by atomic mass is 16.5. The van der Waals surface area contributed by atoms with E-state index in [4.69, 9.17) is 14.6 Å². The predicted octanol–water partition coefficient (Wildman–Crippen LogP) is 3.71. The van der Waals surface area contributed by atoms with Crippen LogP contribution in [-0.4, -0.2) is 25.3 Å². The van der Waals surface area contributed by atoms with Crippen LogP contribution in [0.5, 0.6) is 11.5 Å². The van der Waals surface area contributed by atoms with E-state index in [2.05, 4.69) is 0 Å². The third-order valence-electron chi connectivity index (χ3n) is 3.60. The minimum absolute atomic E-state index is 0.280. The van der Waals surface area contributed by atoms with Gasteiger partial charge in [-0.25, -0.2) is 4.79 Å². The Labute approximate surface area is 121 Å². The monoisotopic (exact) mass is 282 g/mol. The van der Waals surface area contributed by atoms with Crippen molar-refractivity contribution in [2.45, 2.75) is 0 Å². The first-order valence-corrected chi connectivity index (χ1v) is 6.46. The molecule has 0 fully saturated rings. The maximum atomic E-state index is 11.1. The van der Waals surface area contributed by atoms with E-state index in [1.165, 1.54) is 0 Å². The summed E-state index contributed by atoms with van der Waals surface area (Å²) in [5, 5.41) is 12.9. The molecule has 0 radical (unpaired) electrons. The third kappa shape index (κ3) is 2.05. The topological polar surface area (TPSA) is 55.8 Å². The van der Waals surface area contributed by atoms with Gasteiger partial charge in [0, 0.05) is 5.39 Å². The summed E-state index contributed by atoms with van der Waals surface area (Å²) in [6, 6.07) is 12.7. The van der Waals surface area contributed by atoms with Gasteiger partial charge in [-0.05, 0) is 46.5 Å². The second-order valence-electron chi connectivity index (χ2n) is 4.70. The molecule has 0 aliphatic heterocycles. The van der Waals surface area contributed by atoms with Crippen LogP contribution in [-0.2, 0) is 0 Å². The first kappa shape index (κ1) is 13.2. The van der Waals surface area contributed by atoms with Crippen molar-refractivity contribution in [3.05, 3.63) is 48.0 Å². The van der Waals surface area contributed by atoms with E-state index in [-0.39, 0.29) is 5.56 Å². The van der Waals surface area contributed by atoms with Crippen molar-refractivity contribution in [2.24, 2.45) is 0 Å². The molecule has 0 saturated heterocycles. The van der Waals surface area contributed by atoms with Gasteiger partial charge in [0.05, 0.1) is 19.8 Å². The van der Waals surface area contributed by atoms with Gasteiger partial charge in [0.2, 0.25) is 0 Å². The number of hydrogen-bond acceptors (Lipinski definition) is 3. The summed E-state index contributed by atoms with van der Waals surface area (Å²) in [6.45, 7) is 0. The normalized spacial score (nSPS) is 10.8. The maximum absolute atomic E-state index is 11.1. The van der Waals surface area contributed by atoms with Crippen LogP contribution in [0.4, 0.5) is 0 Å². The van der Waals surface area contributed by atoms with Crippen LogP contribution in [0.2, 0.25) is 0 Å². The Morgan fingerprint density at radius 3 is 2.29 bits per heavy atom. The van der Waals surface area contributed by atoms with Gasteiger partial charge in [-0.2, -0.15) is 0 Å². The molecule has 0 aliphatic rings. The maximum Gasteiger partial charge on any atom is 0.335 e. The molecule has 0 amide bonds. The lowest BCUT2D eigenvalue weighted by atomic mass is 9.99. The number of carbonyl (C=O) groups is 1. The summed E-state index contributed by atoms with van der Waals surface area (Å²) >= 11 is 0. The molecule has 0 saturated carbocycles. The van der Waals surface area contributed by atoms with Gasteiger partial charge in [0.15, 0.2) is 11.5 Å². The molecule has 0 spiro atoms. The zero-order valence-corrected chi connectivity index (χ0v) is 11.7. The number of fused-ring (bicyclic) bond motifs is 3. The molecule has 0 bridgehead atoms. The minimum atomic E-state index is -0.927. The van der Waals surface area contributed by atoms with Crippen LogP contribution in [0.1, 0.15) is 10.4 Å². The van der Waals surface area contributed by atoms with Gasteiger partial charge in [0.1, 0.15) is 0 Å². The third-order valence-corrected chi connectivity index (χ3v) is 3.60. The fourth-order valence-corrected chi connectivity index (χ4v) is 2.60. The average molecular weight is 282 g/mol. The molecule has 4 nitrogen and oxygen atoms in total. The molecule has 0 aliphatic carbocycles. The van der Waals surface area contributed by atoms with Crippen LogP contribution >= 0.6 is 0 Å². The van der Waals surface area contributed by atoms with Crippen molar-refractivity contribution in [2.75, 3.05) is 14.2 Å². The molecule has 3 aromatic carbocycles. The van der Waals surface area contributed by atoms with Crippen LogP contribution in [0, 0.1) is 0 Å². The largest absolute Gasteiger partial charge is 0.493 e. The van der Waals surface area contributed by atoms with E-state index in [1.54, 1.807) is 26.4 Å². The summed E-state index contributed by atoms with van der Waals surface area (Å²) in [5.41, 5.74) is 0.280.